The number of carbonyl (C=O) groups is 4. The summed E-state index contributed by atoms with van der Waals surface area (Å²) in [7, 11) is 1.18. The van der Waals surface area contributed by atoms with Gasteiger partial charge in [0.05, 0.1) is 43.0 Å². The van der Waals surface area contributed by atoms with Gasteiger partial charge in [0.2, 0.25) is 5.78 Å². The quantitative estimate of drug-likeness (QED) is 0.390. The standard InChI is InChI=1S/C26H28O9/c1-5-15(28)11-19(35-13(3)12(2)27)21-14(10-20(30)34-4)9-17-23(25(21)32)26(33)22-16(24(17)31)7-6-8-18(22)29/h6-9,12-13,19,27,29,32H,5,10-11H2,1-4H3/t12-,13-,19-/m1/s1. The van der Waals surface area contributed by atoms with Crippen molar-refractivity contribution in [2.45, 2.75) is 58.3 Å². The number of aliphatic hydroxyl groups is 1. The monoisotopic (exact) mass is 484 g/mol. The molecule has 3 rings (SSSR count). The summed E-state index contributed by atoms with van der Waals surface area (Å²) >= 11 is 0. The molecule has 3 N–H and O–H groups in total. The molecule has 2 aromatic carbocycles. The van der Waals surface area contributed by atoms with E-state index in [1.807, 2.05) is 0 Å². The zero-order valence-electron chi connectivity index (χ0n) is 20.0. The molecule has 2 aromatic rings. The van der Waals surface area contributed by atoms with Gasteiger partial charge in [-0.05, 0) is 31.5 Å². The molecular weight excluding hydrogens is 456 g/mol. The fraction of sp³-hybridized carbons (Fsp3) is 0.385. The van der Waals surface area contributed by atoms with Gasteiger partial charge in [0.15, 0.2) is 5.78 Å². The molecule has 1 aliphatic carbocycles. The van der Waals surface area contributed by atoms with Crippen molar-refractivity contribution in [3.8, 4) is 11.5 Å². The molecule has 1 aliphatic rings. The molecule has 186 valence electrons. The number of ketones is 3. The number of ether oxygens (including phenoxy) is 2. The topological polar surface area (TPSA) is 147 Å². The number of phenols is 2. The highest BCUT2D eigenvalue weighted by Gasteiger charge is 2.38. The number of aromatic hydroxyl groups is 2. The van der Waals surface area contributed by atoms with E-state index in [9.17, 15) is 34.5 Å². The van der Waals surface area contributed by atoms with Gasteiger partial charge in [0.25, 0.3) is 0 Å². The molecule has 0 amide bonds. The van der Waals surface area contributed by atoms with Crippen LogP contribution in [-0.2, 0) is 25.5 Å². The van der Waals surface area contributed by atoms with E-state index >= 15 is 0 Å². The molecule has 0 saturated carbocycles. The first-order chi connectivity index (χ1) is 16.5. The Kier molecular flexibility index (Phi) is 7.72. The summed E-state index contributed by atoms with van der Waals surface area (Å²) in [6, 6.07) is 5.38. The molecule has 0 radical (unpaired) electrons. The van der Waals surface area contributed by atoms with Gasteiger partial charge < -0.3 is 24.8 Å². The average molecular weight is 485 g/mol. The Labute approximate surface area is 202 Å². The lowest BCUT2D eigenvalue weighted by Crippen LogP contribution is -2.28. The fourth-order valence-corrected chi connectivity index (χ4v) is 4.06. The van der Waals surface area contributed by atoms with Crippen LogP contribution in [0.4, 0.5) is 0 Å². The van der Waals surface area contributed by atoms with Gasteiger partial charge in [-0.2, -0.15) is 0 Å². The molecule has 0 fully saturated rings. The molecule has 0 saturated heterocycles. The largest absolute Gasteiger partial charge is 0.507 e. The van der Waals surface area contributed by atoms with Crippen LogP contribution in [0.3, 0.4) is 0 Å². The second-order valence-electron chi connectivity index (χ2n) is 8.50. The van der Waals surface area contributed by atoms with Crippen molar-refractivity contribution in [2.75, 3.05) is 7.11 Å². The second kappa shape index (κ2) is 10.4. The lowest BCUT2D eigenvalue weighted by atomic mass is 9.79. The van der Waals surface area contributed by atoms with Crippen molar-refractivity contribution in [1.29, 1.82) is 0 Å². The maximum atomic E-state index is 13.4. The zero-order chi connectivity index (χ0) is 26.0. The third kappa shape index (κ3) is 4.96. The number of aliphatic hydroxyl groups excluding tert-OH is 1. The van der Waals surface area contributed by atoms with Crippen LogP contribution in [0.5, 0.6) is 11.5 Å². The SMILES string of the molecule is CCC(=O)C[C@@H](O[C@H](C)[C@@H](C)O)c1c(CC(=O)OC)cc2c(c1O)C(=O)c1c(O)cccc1C2=O. The van der Waals surface area contributed by atoms with Gasteiger partial charge in [-0.3, -0.25) is 19.2 Å². The van der Waals surface area contributed by atoms with Crippen LogP contribution in [0.1, 0.15) is 82.7 Å². The molecule has 0 bridgehead atoms. The van der Waals surface area contributed by atoms with Crippen molar-refractivity contribution in [2.24, 2.45) is 0 Å². The highest BCUT2D eigenvalue weighted by molar-refractivity contribution is 6.30. The Morgan fingerprint density at radius 1 is 1.03 bits per heavy atom. The number of Topliss-reactive ketones (excluding diaryl/α,β-unsaturated/α-hetero) is 1. The van der Waals surface area contributed by atoms with Gasteiger partial charge >= 0.3 is 5.97 Å². The van der Waals surface area contributed by atoms with Gasteiger partial charge in [0.1, 0.15) is 17.3 Å². The van der Waals surface area contributed by atoms with Crippen molar-refractivity contribution in [3.05, 3.63) is 57.6 Å². The van der Waals surface area contributed by atoms with E-state index in [1.165, 1.54) is 38.3 Å². The van der Waals surface area contributed by atoms with Crippen LogP contribution in [0.2, 0.25) is 0 Å². The Hall–Kier alpha value is -3.56. The number of benzene rings is 2. The summed E-state index contributed by atoms with van der Waals surface area (Å²) < 4.78 is 10.7. The summed E-state index contributed by atoms with van der Waals surface area (Å²) in [5.74, 6) is -3.33. The first kappa shape index (κ1) is 26.1. The molecule has 35 heavy (non-hydrogen) atoms. The number of hydrogen-bond acceptors (Lipinski definition) is 9. The Morgan fingerprint density at radius 3 is 2.31 bits per heavy atom. The van der Waals surface area contributed by atoms with E-state index in [0.29, 0.717) is 0 Å². The number of fused-ring (bicyclic) bond motifs is 2. The number of methoxy groups -OCH3 is 1. The highest BCUT2D eigenvalue weighted by atomic mass is 16.5. The van der Waals surface area contributed by atoms with Gasteiger partial charge in [0, 0.05) is 29.5 Å². The molecule has 0 unspecified atom stereocenters. The van der Waals surface area contributed by atoms with Gasteiger partial charge in [-0.25, -0.2) is 0 Å². The summed E-state index contributed by atoms with van der Waals surface area (Å²) in [5, 5.41) is 31.6. The molecular formula is C26H28O9. The van der Waals surface area contributed by atoms with Gasteiger partial charge in [-0.15, -0.1) is 0 Å². The van der Waals surface area contributed by atoms with Crippen LogP contribution >= 0.6 is 0 Å². The molecule has 0 heterocycles. The number of hydrogen-bond donors (Lipinski definition) is 3. The first-order valence-corrected chi connectivity index (χ1v) is 11.2. The number of rotatable bonds is 9. The van der Waals surface area contributed by atoms with E-state index in [4.69, 9.17) is 9.47 Å². The minimum Gasteiger partial charge on any atom is -0.507 e. The summed E-state index contributed by atoms with van der Waals surface area (Å²) in [5.41, 5.74) is -0.651. The first-order valence-electron chi connectivity index (χ1n) is 11.2. The molecule has 9 heteroatoms. The van der Waals surface area contributed by atoms with Crippen molar-refractivity contribution in [3.63, 3.8) is 0 Å². The number of phenolic OH excluding ortho intramolecular Hbond substituents is 2. The van der Waals surface area contributed by atoms with E-state index < -0.39 is 47.3 Å². The van der Waals surface area contributed by atoms with Gasteiger partial charge in [-0.1, -0.05) is 19.1 Å². The second-order valence-corrected chi connectivity index (χ2v) is 8.50. The van der Waals surface area contributed by atoms with E-state index in [2.05, 4.69) is 0 Å². The predicted octanol–water partition coefficient (Wildman–Crippen LogP) is 2.78. The van der Waals surface area contributed by atoms with Crippen LogP contribution in [-0.4, -0.2) is 58.0 Å². The summed E-state index contributed by atoms with van der Waals surface area (Å²) in [4.78, 5) is 51.2. The lowest BCUT2D eigenvalue weighted by molar-refractivity contribution is -0.139. The smallest absolute Gasteiger partial charge is 0.309 e. The fourth-order valence-electron chi connectivity index (χ4n) is 4.06. The van der Waals surface area contributed by atoms with Crippen LogP contribution in [0, 0.1) is 0 Å². The minimum atomic E-state index is -1.13. The maximum absolute atomic E-state index is 13.4. The van der Waals surface area contributed by atoms with E-state index in [-0.39, 0.29) is 58.4 Å². The summed E-state index contributed by atoms with van der Waals surface area (Å²) in [6.07, 6.45) is -3.24. The van der Waals surface area contributed by atoms with Crippen LogP contribution < -0.4 is 0 Å². The Balaban J connectivity index is 2.30. The Morgan fingerprint density at radius 2 is 1.71 bits per heavy atom. The van der Waals surface area contributed by atoms with E-state index in [0.717, 1.165) is 0 Å². The molecule has 0 spiro atoms. The Bertz CT molecular complexity index is 1200. The lowest BCUT2D eigenvalue weighted by Gasteiger charge is -2.29. The average Bonchev–Trinajstić information content (AvgIpc) is 2.81. The molecule has 0 aliphatic heterocycles. The minimum absolute atomic E-state index is 0.0246. The van der Waals surface area contributed by atoms with Crippen molar-refractivity contribution in [1.82, 2.24) is 0 Å². The third-order valence-corrected chi connectivity index (χ3v) is 6.16. The van der Waals surface area contributed by atoms with Crippen molar-refractivity contribution < 1.29 is 44.0 Å². The molecule has 9 nitrogen and oxygen atoms in total. The third-order valence-electron chi connectivity index (χ3n) is 6.16. The van der Waals surface area contributed by atoms with Crippen LogP contribution in [0.15, 0.2) is 24.3 Å². The molecule has 3 atom stereocenters. The summed E-state index contributed by atoms with van der Waals surface area (Å²) in [6.45, 7) is 4.72. The number of esters is 1. The normalized spacial score (nSPS) is 15.1. The highest BCUT2D eigenvalue weighted by Crippen LogP contribution is 2.43. The zero-order valence-corrected chi connectivity index (χ0v) is 20.0. The maximum Gasteiger partial charge on any atom is 0.309 e. The van der Waals surface area contributed by atoms with E-state index in [1.54, 1.807) is 13.8 Å². The molecule has 0 aromatic heterocycles. The predicted molar refractivity (Wildman–Crippen MR) is 124 cm³/mol. The van der Waals surface area contributed by atoms with Crippen molar-refractivity contribution >= 4 is 23.3 Å². The number of carbonyl (C=O) groups excluding carboxylic acids is 4. The van der Waals surface area contributed by atoms with Crippen LogP contribution in [0.25, 0.3) is 0 Å².